The lowest BCUT2D eigenvalue weighted by Crippen LogP contribution is -2.29. The van der Waals surface area contributed by atoms with Crippen LogP contribution in [0, 0.1) is 0 Å². The summed E-state index contributed by atoms with van der Waals surface area (Å²) in [6.07, 6.45) is 1.88. The molecule has 0 aromatic heterocycles. The van der Waals surface area contributed by atoms with Crippen molar-refractivity contribution in [2.24, 2.45) is 0 Å². The normalized spacial score (nSPS) is 12.2. The van der Waals surface area contributed by atoms with E-state index in [-0.39, 0.29) is 11.3 Å². The molecule has 1 unspecified atom stereocenters. The second-order valence-electron chi connectivity index (χ2n) is 3.72. The fraction of sp³-hybridized carbons (Fsp3) is 0.417. The minimum Gasteiger partial charge on any atom is -0.351 e. The van der Waals surface area contributed by atoms with E-state index in [1.54, 1.807) is 18.2 Å². The Bertz CT molecular complexity index is 395. The van der Waals surface area contributed by atoms with E-state index in [0.717, 1.165) is 12.8 Å². The van der Waals surface area contributed by atoms with Gasteiger partial charge < -0.3 is 5.32 Å². The third-order valence-electron chi connectivity index (χ3n) is 2.27. The molecule has 94 valence electrons. The molecule has 0 fully saturated rings. The van der Waals surface area contributed by atoms with Gasteiger partial charge in [0.2, 0.25) is 0 Å². The van der Waals surface area contributed by atoms with Crippen molar-refractivity contribution in [2.75, 3.05) is 6.54 Å². The number of amides is 1. The molecule has 2 nitrogen and oxygen atoms in total. The van der Waals surface area contributed by atoms with Gasteiger partial charge in [0.25, 0.3) is 5.91 Å². The Kier molecular flexibility index (Phi) is 6.10. The molecule has 0 spiro atoms. The van der Waals surface area contributed by atoms with Crippen LogP contribution in [0.2, 0.25) is 10.0 Å². The van der Waals surface area contributed by atoms with Gasteiger partial charge in [-0.25, -0.2) is 0 Å². The van der Waals surface area contributed by atoms with Crippen LogP contribution in [0.3, 0.4) is 0 Å². The Morgan fingerprint density at radius 3 is 2.65 bits per heavy atom. The van der Waals surface area contributed by atoms with Crippen LogP contribution >= 0.6 is 34.8 Å². The Morgan fingerprint density at radius 2 is 2.06 bits per heavy atom. The third-order valence-corrected chi connectivity index (χ3v) is 3.38. The number of carbonyl (C=O) groups is 1. The van der Waals surface area contributed by atoms with Crippen molar-refractivity contribution in [3.63, 3.8) is 0 Å². The van der Waals surface area contributed by atoms with E-state index in [9.17, 15) is 4.79 Å². The highest BCUT2D eigenvalue weighted by Gasteiger charge is 2.10. The first-order chi connectivity index (χ1) is 8.04. The Labute approximate surface area is 116 Å². The molecule has 1 rings (SSSR count). The lowest BCUT2D eigenvalue weighted by Gasteiger charge is -2.10. The molecule has 0 aliphatic carbocycles. The zero-order valence-electron chi connectivity index (χ0n) is 9.47. The summed E-state index contributed by atoms with van der Waals surface area (Å²) in [6, 6.07) is 4.78. The summed E-state index contributed by atoms with van der Waals surface area (Å²) in [5.74, 6) is -0.190. The molecule has 1 aromatic carbocycles. The quantitative estimate of drug-likeness (QED) is 0.813. The van der Waals surface area contributed by atoms with Gasteiger partial charge in [-0.15, -0.1) is 11.6 Å². The first-order valence-electron chi connectivity index (χ1n) is 5.42. The molecule has 0 aliphatic rings. The Hall–Kier alpha value is -0.440. The van der Waals surface area contributed by atoms with Crippen molar-refractivity contribution in [3.05, 3.63) is 33.8 Å². The second kappa shape index (κ2) is 7.10. The van der Waals surface area contributed by atoms with E-state index in [1.807, 2.05) is 0 Å². The number of rotatable bonds is 5. The van der Waals surface area contributed by atoms with Crippen LogP contribution in [-0.4, -0.2) is 17.8 Å². The van der Waals surface area contributed by atoms with Crippen molar-refractivity contribution in [1.29, 1.82) is 0 Å². The Morgan fingerprint density at radius 1 is 1.35 bits per heavy atom. The van der Waals surface area contributed by atoms with Crippen LogP contribution in [0.15, 0.2) is 18.2 Å². The van der Waals surface area contributed by atoms with Crippen LogP contribution < -0.4 is 5.32 Å². The van der Waals surface area contributed by atoms with Gasteiger partial charge in [0.1, 0.15) is 0 Å². The number of hydrogen-bond acceptors (Lipinski definition) is 1. The van der Waals surface area contributed by atoms with Gasteiger partial charge in [-0.2, -0.15) is 0 Å². The fourth-order valence-electron chi connectivity index (χ4n) is 1.36. The van der Waals surface area contributed by atoms with Crippen LogP contribution in [0.1, 0.15) is 30.1 Å². The predicted octanol–water partition coefficient (Wildman–Crippen LogP) is 4.13. The first kappa shape index (κ1) is 14.6. The average Bonchev–Trinajstić information content (AvgIpc) is 2.30. The van der Waals surface area contributed by atoms with Gasteiger partial charge in [0, 0.05) is 12.1 Å². The summed E-state index contributed by atoms with van der Waals surface area (Å²) in [6.45, 7) is 2.50. The summed E-state index contributed by atoms with van der Waals surface area (Å²) >= 11 is 17.6. The highest BCUT2D eigenvalue weighted by Crippen LogP contribution is 2.22. The number of halogens is 3. The molecule has 1 amide bonds. The monoisotopic (exact) mass is 293 g/mol. The summed E-state index contributed by atoms with van der Waals surface area (Å²) in [5.41, 5.74) is 0.486. The van der Waals surface area contributed by atoms with Crippen LogP contribution in [0.5, 0.6) is 0 Å². The average molecular weight is 295 g/mol. The molecule has 1 N–H and O–H groups in total. The summed E-state index contributed by atoms with van der Waals surface area (Å²) < 4.78 is 0. The zero-order chi connectivity index (χ0) is 12.8. The Balaban J connectivity index is 2.55. The van der Waals surface area contributed by atoms with E-state index in [0.29, 0.717) is 22.2 Å². The van der Waals surface area contributed by atoms with Crippen molar-refractivity contribution in [1.82, 2.24) is 5.32 Å². The highest BCUT2D eigenvalue weighted by atomic mass is 35.5. The molecular formula is C12H14Cl3NO. The minimum absolute atomic E-state index is 0.0354. The molecule has 17 heavy (non-hydrogen) atoms. The maximum atomic E-state index is 11.7. The van der Waals surface area contributed by atoms with Gasteiger partial charge in [-0.1, -0.05) is 36.5 Å². The molecular weight excluding hydrogens is 280 g/mol. The van der Waals surface area contributed by atoms with Crippen molar-refractivity contribution >= 4 is 40.7 Å². The molecule has 0 heterocycles. The third kappa shape index (κ3) is 4.74. The number of benzene rings is 1. The van der Waals surface area contributed by atoms with Crippen LogP contribution in [0.25, 0.3) is 0 Å². The van der Waals surface area contributed by atoms with Gasteiger partial charge in [-0.05, 0) is 24.6 Å². The predicted molar refractivity (Wildman–Crippen MR) is 73.3 cm³/mol. The second-order valence-corrected chi connectivity index (χ2v) is 5.16. The fourth-order valence-corrected chi connectivity index (χ4v) is 1.95. The number of nitrogens with one attached hydrogen (secondary N) is 1. The molecule has 1 atom stereocenters. The molecule has 5 heteroatoms. The molecule has 0 saturated heterocycles. The maximum Gasteiger partial charge on any atom is 0.251 e. The first-order valence-corrected chi connectivity index (χ1v) is 6.61. The maximum absolute atomic E-state index is 11.7. The largest absolute Gasteiger partial charge is 0.351 e. The van der Waals surface area contributed by atoms with Crippen molar-refractivity contribution in [2.45, 2.75) is 25.1 Å². The van der Waals surface area contributed by atoms with Gasteiger partial charge >= 0.3 is 0 Å². The summed E-state index contributed by atoms with van der Waals surface area (Å²) in [5, 5.41) is 3.53. The SMILES string of the molecule is CCCC(Cl)CNC(=O)c1ccc(Cl)c(Cl)c1. The molecule has 1 aromatic rings. The van der Waals surface area contributed by atoms with E-state index < -0.39 is 0 Å². The van der Waals surface area contributed by atoms with Gasteiger partial charge in [-0.3, -0.25) is 4.79 Å². The van der Waals surface area contributed by atoms with Crippen molar-refractivity contribution in [3.8, 4) is 0 Å². The van der Waals surface area contributed by atoms with Crippen molar-refractivity contribution < 1.29 is 4.79 Å². The number of alkyl halides is 1. The van der Waals surface area contributed by atoms with E-state index in [1.165, 1.54) is 0 Å². The topological polar surface area (TPSA) is 29.1 Å². The van der Waals surface area contributed by atoms with Gasteiger partial charge in [0.15, 0.2) is 0 Å². The zero-order valence-corrected chi connectivity index (χ0v) is 11.7. The van der Waals surface area contributed by atoms with Crippen LogP contribution in [0.4, 0.5) is 0 Å². The molecule has 0 bridgehead atoms. The number of carbonyl (C=O) groups excluding carboxylic acids is 1. The highest BCUT2D eigenvalue weighted by molar-refractivity contribution is 6.42. The van der Waals surface area contributed by atoms with Crippen LogP contribution in [-0.2, 0) is 0 Å². The van der Waals surface area contributed by atoms with E-state index >= 15 is 0 Å². The molecule has 0 radical (unpaired) electrons. The standard InChI is InChI=1S/C12H14Cl3NO/c1-2-3-9(13)7-16-12(17)8-4-5-10(14)11(15)6-8/h4-6,9H,2-3,7H2,1H3,(H,16,17). The van der Waals surface area contributed by atoms with Gasteiger partial charge in [0.05, 0.1) is 15.4 Å². The van der Waals surface area contributed by atoms with E-state index in [2.05, 4.69) is 12.2 Å². The summed E-state index contributed by atoms with van der Waals surface area (Å²) in [4.78, 5) is 11.7. The molecule has 0 saturated carbocycles. The number of hydrogen-bond donors (Lipinski definition) is 1. The summed E-state index contributed by atoms with van der Waals surface area (Å²) in [7, 11) is 0. The minimum atomic E-state index is -0.190. The van der Waals surface area contributed by atoms with E-state index in [4.69, 9.17) is 34.8 Å². The lowest BCUT2D eigenvalue weighted by molar-refractivity contribution is 0.0953. The molecule has 0 aliphatic heterocycles. The smallest absolute Gasteiger partial charge is 0.251 e. The lowest BCUT2D eigenvalue weighted by atomic mass is 10.2.